The number of ether oxygens (including phenoxy) is 2. The zero-order valence-corrected chi connectivity index (χ0v) is 14.1. The van der Waals surface area contributed by atoms with Crippen molar-refractivity contribution in [3.8, 4) is 17.4 Å². The number of benzene rings is 1. The van der Waals surface area contributed by atoms with Crippen LogP contribution in [0.5, 0.6) is 17.4 Å². The summed E-state index contributed by atoms with van der Waals surface area (Å²) in [5.41, 5.74) is 6.36. The van der Waals surface area contributed by atoms with Gasteiger partial charge in [0, 0.05) is 12.4 Å². The van der Waals surface area contributed by atoms with E-state index in [0.717, 1.165) is 8.95 Å². The van der Waals surface area contributed by atoms with Crippen molar-refractivity contribution in [2.75, 3.05) is 12.8 Å². The summed E-state index contributed by atoms with van der Waals surface area (Å²) in [5, 5.41) is 0. The van der Waals surface area contributed by atoms with Crippen LogP contribution in [0, 0.1) is 0 Å². The molecule has 0 radical (unpaired) electrons. The average Bonchev–Trinajstić information content (AvgIpc) is 2.90. The molecule has 2 N–H and O–H groups in total. The van der Waals surface area contributed by atoms with Gasteiger partial charge in [0.15, 0.2) is 0 Å². The number of methoxy groups -OCH3 is 1. The van der Waals surface area contributed by atoms with Gasteiger partial charge in [-0.1, -0.05) is 0 Å². The molecule has 0 spiro atoms. The quantitative estimate of drug-likeness (QED) is 0.709. The third-order valence-electron chi connectivity index (χ3n) is 2.77. The van der Waals surface area contributed by atoms with Crippen molar-refractivity contribution in [3.63, 3.8) is 0 Å². The Labute approximate surface area is 137 Å². The molecule has 0 fully saturated rings. The molecule has 0 unspecified atom stereocenters. The maximum absolute atomic E-state index is 5.84. The first-order valence-corrected chi connectivity index (χ1v) is 7.47. The van der Waals surface area contributed by atoms with Crippen molar-refractivity contribution in [1.82, 2.24) is 14.4 Å². The number of nitrogens with two attached hydrogens (primary N) is 1. The Morgan fingerprint density at radius 3 is 2.67 bits per heavy atom. The zero-order valence-electron chi connectivity index (χ0n) is 10.9. The third-order valence-corrected chi connectivity index (χ3v) is 4.01. The molecule has 21 heavy (non-hydrogen) atoms. The molecule has 108 valence electrons. The van der Waals surface area contributed by atoms with Gasteiger partial charge in [0.25, 0.3) is 5.88 Å². The molecule has 0 bridgehead atoms. The summed E-state index contributed by atoms with van der Waals surface area (Å²) < 4.78 is 14.3. The molecule has 2 aromatic heterocycles. The number of fused-ring (bicyclic) bond motifs is 1. The van der Waals surface area contributed by atoms with Crippen LogP contribution in [0.25, 0.3) is 5.65 Å². The van der Waals surface area contributed by atoms with Crippen molar-refractivity contribution in [2.24, 2.45) is 0 Å². The minimum atomic E-state index is 0.331. The van der Waals surface area contributed by atoms with Gasteiger partial charge in [-0.15, -0.1) is 0 Å². The largest absolute Gasteiger partial charge is 0.496 e. The van der Waals surface area contributed by atoms with Gasteiger partial charge < -0.3 is 15.2 Å². The van der Waals surface area contributed by atoms with E-state index < -0.39 is 0 Å². The highest BCUT2D eigenvalue weighted by Gasteiger charge is 2.13. The monoisotopic (exact) mass is 412 g/mol. The smallest absolute Gasteiger partial charge is 0.265 e. The van der Waals surface area contributed by atoms with Gasteiger partial charge in [0.05, 0.1) is 22.3 Å². The molecule has 0 atom stereocenters. The number of hydrogen-bond donors (Lipinski definition) is 1. The number of anilines is 1. The number of halogens is 2. The second-order valence-corrected chi connectivity index (χ2v) is 5.86. The molecular formula is C13H10Br2N4O2. The van der Waals surface area contributed by atoms with E-state index in [1.165, 1.54) is 0 Å². The highest BCUT2D eigenvalue weighted by molar-refractivity contribution is 9.11. The summed E-state index contributed by atoms with van der Waals surface area (Å²) in [7, 11) is 1.60. The van der Waals surface area contributed by atoms with Crippen molar-refractivity contribution in [1.29, 1.82) is 0 Å². The predicted octanol–water partition coefficient (Wildman–Crippen LogP) is 3.64. The van der Waals surface area contributed by atoms with E-state index in [2.05, 4.69) is 41.8 Å². The SMILES string of the molecule is COc1cc(Br)c(Oc2nc(N)cn3ccnc23)cc1Br. The third kappa shape index (κ3) is 2.68. The first-order chi connectivity index (χ1) is 10.1. The van der Waals surface area contributed by atoms with Gasteiger partial charge in [-0.3, -0.25) is 4.40 Å². The van der Waals surface area contributed by atoms with Crippen LogP contribution in [0.1, 0.15) is 0 Å². The number of hydrogen-bond acceptors (Lipinski definition) is 5. The zero-order chi connectivity index (χ0) is 15.0. The Bertz CT molecular complexity index is 819. The van der Waals surface area contributed by atoms with Gasteiger partial charge in [0.2, 0.25) is 5.65 Å². The summed E-state index contributed by atoms with van der Waals surface area (Å²) in [6.45, 7) is 0. The molecule has 0 saturated carbocycles. The molecule has 3 aromatic rings. The molecule has 0 aliphatic rings. The molecule has 1 aromatic carbocycles. The standard InChI is InChI=1S/C13H10Br2N4O2/c1-20-9-4-8(15)10(5-7(9)14)21-13-12-17-2-3-19(12)6-11(16)18-13/h2-6H,16H2,1H3. The summed E-state index contributed by atoms with van der Waals surface area (Å²) in [5.74, 6) is 1.95. The first-order valence-electron chi connectivity index (χ1n) is 5.88. The molecule has 3 rings (SSSR count). The Hall–Kier alpha value is -1.80. The van der Waals surface area contributed by atoms with Crippen LogP contribution in [-0.4, -0.2) is 21.5 Å². The summed E-state index contributed by atoms with van der Waals surface area (Å²) in [6, 6.07) is 3.59. The minimum Gasteiger partial charge on any atom is -0.496 e. The van der Waals surface area contributed by atoms with Crippen molar-refractivity contribution in [2.45, 2.75) is 0 Å². The minimum absolute atomic E-state index is 0.331. The van der Waals surface area contributed by atoms with Crippen LogP contribution in [0.4, 0.5) is 5.82 Å². The van der Waals surface area contributed by atoms with E-state index in [4.69, 9.17) is 15.2 Å². The number of nitrogen functional groups attached to an aromatic ring is 1. The lowest BCUT2D eigenvalue weighted by molar-refractivity contribution is 0.408. The van der Waals surface area contributed by atoms with Gasteiger partial charge >= 0.3 is 0 Å². The molecule has 6 nitrogen and oxygen atoms in total. The Kier molecular flexibility index (Phi) is 3.73. The molecule has 2 heterocycles. The van der Waals surface area contributed by atoms with Gasteiger partial charge in [-0.25, -0.2) is 4.98 Å². The number of rotatable bonds is 3. The van der Waals surface area contributed by atoms with Crippen LogP contribution in [0.2, 0.25) is 0 Å². The summed E-state index contributed by atoms with van der Waals surface area (Å²) >= 11 is 6.86. The Balaban J connectivity index is 2.06. The van der Waals surface area contributed by atoms with Crippen molar-refractivity contribution in [3.05, 3.63) is 39.7 Å². The molecule has 0 aliphatic carbocycles. The van der Waals surface area contributed by atoms with Crippen LogP contribution in [-0.2, 0) is 0 Å². The van der Waals surface area contributed by atoms with Gasteiger partial charge in [0.1, 0.15) is 17.3 Å². The number of nitrogens with zero attached hydrogens (tertiary/aromatic N) is 3. The second-order valence-electron chi connectivity index (χ2n) is 4.15. The van der Waals surface area contributed by atoms with Crippen LogP contribution in [0.3, 0.4) is 0 Å². The lowest BCUT2D eigenvalue weighted by Gasteiger charge is -2.11. The molecule has 8 heteroatoms. The van der Waals surface area contributed by atoms with Crippen molar-refractivity contribution >= 4 is 43.3 Å². The van der Waals surface area contributed by atoms with Crippen LogP contribution < -0.4 is 15.2 Å². The van der Waals surface area contributed by atoms with E-state index in [9.17, 15) is 0 Å². The van der Waals surface area contributed by atoms with E-state index in [1.54, 1.807) is 42.2 Å². The highest BCUT2D eigenvalue weighted by Crippen LogP contribution is 2.38. The normalized spacial score (nSPS) is 10.8. The Morgan fingerprint density at radius 2 is 1.90 bits per heavy atom. The van der Waals surface area contributed by atoms with Gasteiger partial charge in [-0.05, 0) is 44.0 Å². The van der Waals surface area contributed by atoms with E-state index in [0.29, 0.717) is 28.8 Å². The molecule has 0 saturated heterocycles. The van der Waals surface area contributed by atoms with Crippen LogP contribution >= 0.6 is 31.9 Å². The fourth-order valence-electron chi connectivity index (χ4n) is 1.84. The maximum Gasteiger partial charge on any atom is 0.265 e. The van der Waals surface area contributed by atoms with Crippen LogP contribution in [0.15, 0.2) is 39.7 Å². The Morgan fingerprint density at radius 1 is 1.19 bits per heavy atom. The lowest BCUT2D eigenvalue weighted by atomic mass is 10.3. The summed E-state index contributed by atoms with van der Waals surface area (Å²) in [6.07, 6.45) is 5.11. The molecular weight excluding hydrogens is 404 g/mol. The fraction of sp³-hybridized carbons (Fsp3) is 0.0769. The average molecular weight is 414 g/mol. The first kappa shape index (κ1) is 14.2. The topological polar surface area (TPSA) is 74.7 Å². The van der Waals surface area contributed by atoms with Crippen molar-refractivity contribution < 1.29 is 9.47 Å². The summed E-state index contributed by atoms with van der Waals surface area (Å²) in [4.78, 5) is 8.40. The fourth-order valence-corrected chi connectivity index (χ4v) is 2.73. The highest BCUT2D eigenvalue weighted by atomic mass is 79.9. The van der Waals surface area contributed by atoms with E-state index in [-0.39, 0.29) is 0 Å². The lowest BCUT2D eigenvalue weighted by Crippen LogP contribution is -1.99. The maximum atomic E-state index is 5.84. The van der Waals surface area contributed by atoms with E-state index in [1.807, 2.05) is 0 Å². The number of aromatic nitrogens is 3. The molecule has 0 aliphatic heterocycles. The number of imidazole rings is 1. The second kappa shape index (κ2) is 5.53. The van der Waals surface area contributed by atoms with E-state index >= 15 is 0 Å². The predicted molar refractivity (Wildman–Crippen MR) is 85.9 cm³/mol. The molecule has 0 amide bonds. The van der Waals surface area contributed by atoms with Gasteiger partial charge in [-0.2, -0.15) is 4.98 Å².